The van der Waals surface area contributed by atoms with Crippen LogP contribution in [0.4, 0.5) is 0 Å². The molecule has 480 valence electrons. The number of benzene rings is 10. The fourth-order valence-electron chi connectivity index (χ4n) is 12.6. The van der Waals surface area contributed by atoms with Crippen molar-refractivity contribution in [2.75, 3.05) is 67.1 Å². The van der Waals surface area contributed by atoms with Crippen LogP contribution in [0.5, 0.6) is 80.5 Å². The van der Waals surface area contributed by atoms with Gasteiger partial charge in [0.2, 0.25) is 0 Å². The summed E-state index contributed by atoms with van der Waals surface area (Å²) in [6.07, 6.45) is 1.86. The summed E-state index contributed by atoms with van der Waals surface area (Å²) in [6, 6.07) is 64.5. The Morgan fingerprint density at radius 2 is 0.415 bits per heavy atom. The number of hydrogen-bond donors (Lipinski definition) is 0. The minimum Gasteiger partial charge on any atom is -0.496 e. The molecule has 15 rings (SSSR count). The van der Waals surface area contributed by atoms with E-state index in [0.717, 1.165) is 101 Å². The largest absolute Gasteiger partial charge is 0.496 e. The fourth-order valence-corrected chi connectivity index (χ4v) is 12.6. The molecule has 10 aromatic rings. The van der Waals surface area contributed by atoms with Crippen LogP contribution in [0.25, 0.3) is 0 Å². The zero-order valence-electron chi connectivity index (χ0n) is 53.5. The molecule has 14 heteroatoms. The second-order valence-corrected chi connectivity index (χ2v) is 23.3. The first-order chi connectivity index (χ1) is 46.3. The van der Waals surface area contributed by atoms with E-state index in [1.165, 1.54) is 0 Å². The number of hydrogen-bond acceptors (Lipinski definition) is 14. The Balaban J connectivity index is 0.918. The van der Waals surface area contributed by atoms with Gasteiger partial charge in [-0.05, 0) is 131 Å². The van der Waals surface area contributed by atoms with Crippen molar-refractivity contribution < 1.29 is 66.3 Å². The van der Waals surface area contributed by atoms with Crippen molar-refractivity contribution in [2.45, 2.75) is 66.0 Å². The normalized spacial score (nSPS) is 14.5. The van der Waals surface area contributed by atoms with E-state index in [2.05, 4.69) is 111 Å². The van der Waals surface area contributed by atoms with Crippen LogP contribution in [0.3, 0.4) is 0 Å². The van der Waals surface area contributed by atoms with Crippen LogP contribution >= 0.6 is 0 Å². The van der Waals surface area contributed by atoms with Gasteiger partial charge in [0.05, 0.1) is 14.2 Å². The molecule has 0 amide bonds. The molecule has 1 aliphatic carbocycles. The highest BCUT2D eigenvalue weighted by atomic mass is 16.6. The van der Waals surface area contributed by atoms with Crippen molar-refractivity contribution in [3.8, 4) is 80.5 Å². The van der Waals surface area contributed by atoms with E-state index in [-0.39, 0.29) is 79.3 Å². The Morgan fingerprint density at radius 3 is 0.617 bits per heavy atom. The van der Waals surface area contributed by atoms with E-state index in [1.54, 1.807) is 14.2 Å². The van der Waals surface area contributed by atoms with Crippen molar-refractivity contribution in [1.29, 1.82) is 0 Å². The Hall–Kier alpha value is -10.6. The fraction of sp³-hybridized carbons (Fsp3) is 0.250. The predicted octanol–water partition coefficient (Wildman–Crippen LogP) is 15.8. The highest BCUT2D eigenvalue weighted by molar-refractivity contribution is 5.57. The molecule has 0 fully saturated rings. The van der Waals surface area contributed by atoms with Gasteiger partial charge in [-0.1, -0.05) is 132 Å². The molecule has 0 saturated carbocycles. The molecule has 4 aliphatic heterocycles. The van der Waals surface area contributed by atoms with Gasteiger partial charge in [0.1, 0.15) is 114 Å². The first kappa shape index (κ1) is 62.2. The van der Waals surface area contributed by atoms with Crippen LogP contribution in [-0.2, 0) is 52.1 Å². The number of para-hydroxylation sites is 12. The van der Waals surface area contributed by atoms with E-state index >= 15 is 0 Å². The molecule has 14 nitrogen and oxygen atoms in total. The van der Waals surface area contributed by atoms with Crippen molar-refractivity contribution in [2.24, 2.45) is 0 Å². The van der Waals surface area contributed by atoms with E-state index in [4.69, 9.17) is 66.3 Å². The maximum atomic E-state index is 7.06. The van der Waals surface area contributed by atoms with Crippen LogP contribution in [0.2, 0.25) is 0 Å². The topological polar surface area (TPSA) is 129 Å². The van der Waals surface area contributed by atoms with E-state index in [0.29, 0.717) is 83.2 Å². The molecule has 0 aromatic heterocycles. The van der Waals surface area contributed by atoms with E-state index in [9.17, 15) is 0 Å². The number of fused-ring (bicyclic) bond motifs is 16. The third kappa shape index (κ3) is 14.7. The summed E-state index contributed by atoms with van der Waals surface area (Å²) in [7, 11) is 3.34. The Morgan fingerprint density at radius 1 is 0.223 bits per heavy atom. The monoisotopic (exact) mass is 1260 g/mol. The zero-order valence-corrected chi connectivity index (χ0v) is 53.5. The third-order valence-corrected chi connectivity index (χ3v) is 16.7. The van der Waals surface area contributed by atoms with Crippen LogP contribution in [0, 0.1) is 13.8 Å². The lowest BCUT2D eigenvalue weighted by Crippen LogP contribution is -2.15. The molecule has 0 unspecified atom stereocenters. The van der Waals surface area contributed by atoms with Gasteiger partial charge in [-0.2, -0.15) is 0 Å². The molecule has 16 bridgehead atoms. The van der Waals surface area contributed by atoms with Crippen LogP contribution in [0.1, 0.15) is 77.9 Å². The van der Waals surface area contributed by atoms with E-state index in [1.807, 2.05) is 97.1 Å². The smallest absolute Gasteiger partial charge is 0.161 e. The number of methoxy groups -OCH3 is 2. The second kappa shape index (κ2) is 29.8. The number of ether oxygens (including phenoxy) is 14. The average Bonchev–Trinajstić information content (AvgIpc) is 0.824. The van der Waals surface area contributed by atoms with Crippen molar-refractivity contribution in [3.63, 3.8) is 0 Å². The highest BCUT2D eigenvalue weighted by Gasteiger charge is 2.24. The predicted molar refractivity (Wildman–Crippen MR) is 360 cm³/mol. The molecule has 0 spiro atoms. The van der Waals surface area contributed by atoms with Gasteiger partial charge in [-0.25, -0.2) is 0 Å². The molecule has 0 atom stereocenters. The first-order valence-electron chi connectivity index (χ1n) is 32.0. The van der Waals surface area contributed by atoms with Gasteiger partial charge in [-0.3, -0.25) is 0 Å². The molecule has 0 N–H and O–H groups in total. The number of aryl methyl sites for hydroxylation is 2. The summed E-state index contributed by atoms with van der Waals surface area (Å²) < 4.78 is 93.0. The summed E-state index contributed by atoms with van der Waals surface area (Å²) in [4.78, 5) is 0. The molecular formula is C80H76O14. The van der Waals surface area contributed by atoms with Gasteiger partial charge < -0.3 is 66.3 Å². The molecule has 94 heavy (non-hydrogen) atoms. The zero-order chi connectivity index (χ0) is 64.0. The van der Waals surface area contributed by atoms with Gasteiger partial charge in [-0.15, -0.1) is 0 Å². The van der Waals surface area contributed by atoms with Crippen LogP contribution < -0.4 is 66.3 Å². The van der Waals surface area contributed by atoms with Crippen molar-refractivity contribution in [3.05, 3.63) is 272 Å². The quantitative estimate of drug-likeness (QED) is 0.163. The highest BCUT2D eigenvalue weighted by Crippen LogP contribution is 2.42. The SMILES string of the molecule is COc1c2cc(C)cc1COc1ccccc1OCCOc1c3cccc1Cc1cccc4c1OCCOc1ccccc1OCc1cc(C)cc(c1OC)COc1ccccc1OCCOc1c(cccc1C3)Cc1cccc(c1OCCOc1ccccc1OC2)C4. The molecular weight excluding hydrogens is 1180 g/mol. The summed E-state index contributed by atoms with van der Waals surface area (Å²) in [5.41, 5.74) is 13.3. The van der Waals surface area contributed by atoms with Crippen molar-refractivity contribution in [1.82, 2.24) is 0 Å². The first-order valence-corrected chi connectivity index (χ1v) is 32.0. The summed E-state index contributed by atoms with van der Waals surface area (Å²) >= 11 is 0. The summed E-state index contributed by atoms with van der Waals surface area (Å²) in [6.45, 7) is 6.70. The lowest BCUT2D eigenvalue weighted by molar-refractivity contribution is 0.200. The molecule has 10 aromatic carbocycles. The maximum Gasteiger partial charge on any atom is 0.161 e. The molecule has 0 radical (unpaired) electrons. The lowest BCUT2D eigenvalue weighted by Gasteiger charge is -2.23. The Bertz CT molecular complexity index is 3660. The van der Waals surface area contributed by atoms with Crippen molar-refractivity contribution >= 4 is 0 Å². The minimum absolute atomic E-state index is 0.216. The van der Waals surface area contributed by atoms with Gasteiger partial charge in [0.25, 0.3) is 0 Å². The summed E-state index contributed by atoms with van der Waals surface area (Å²) in [5.74, 6) is 8.97. The number of rotatable bonds is 2. The van der Waals surface area contributed by atoms with Crippen LogP contribution in [-0.4, -0.2) is 67.1 Å². The van der Waals surface area contributed by atoms with Crippen LogP contribution in [0.15, 0.2) is 194 Å². The van der Waals surface area contributed by atoms with Gasteiger partial charge in [0, 0.05) is 47.9 Å². The standard InChI is InChI=1S/C80H76O14/c1-53-41-63-49-91-71-29-9-5-25-67(71)83-33-37-87-77-55-17-13-18-56(77)46-60-22-16-24-62-48-58-20-14-19-57(78(58)88-38-34-84-68-26-6-10-30-72(68)92-50-64(42-53)75(63)81-3)47-61-23-15-21-59(45-55)79(61)89-39-35-85-69-27-7-11-31-73(69)93-51-65-43-54(2)44-66(76(65)82-4)52-94-74-32-12-8-28-70(74)86-36-40-90-80(60)62/h5-32,41-44H,33-40,45-52H2,1-4H3. The molecule has 4 heterocycles. The molecule has 0 saturated heterocycles. The molecule has 5 aliphatic rings. The van der Waals surface area contributed by atoms with E-state index < -0.39 is 0 Å². The minimum atomic E-state index is 0.216. The summed E-state index contributed by atoms with van der Waals surface area (Å²) in [5, 5.41) is 0. The Kier molecular flexibility index (Phi) is 19.7. The van der Waals surface area contributed by atoms with Gasteiger partial charge in [0.15, 0.2) is 46.0 Å². The van der Waals surface area contributed by atoms with Gasteiger partial charge >= 0.3 is 0 Å². The average molecular weight is 1260 g/mol. The maximum absolute atomic E-state index is 7.06. The second-order valence-electron chi connectivity index (χ2n) is 23.3. The third-order valence-electron chi connectivity index (χ3n) is 16.7. The lowest BCUT2D eigenvalue weighted by atomic mass is 9.91. The Labute approximate surface area is 549 Å².